The minimum Gasteiger partial charge on any atom is -0.385 e. The summed E-state index contributed by atoms with van der Waals surface area (Å²) < 4.78 is 0. The van der Waals surface area contributed by atoms with Gasteiger partial charge in [0, 0.05) is 19.2 Å². The predicted molar refractivity (Wildman–Crippen MR) is 122 cm³/mol. The summed E-state index contributed by atoms with van der Waals surface area (Å²) in [6, 6.07) is 20.0. The van der Waals surface area contributed by atoms with Gasteiger partial charge >= 0.3 is 0 Å². The van der Waals surface area contributed by atoms with Crippen molar-refractivity contribution in [3.63, 3.8) is 0 Å². The molecule has 0 saturated carbocycles. The number of piperidine rings is 1. The Morgan fingerprint density at radius 1 is 1.00 bits per heavy atom. The Hall–Kier alpha value is -2.91. The molecule has 2 aromatic carbocycles. The molecule has 1 saturated heterocycles. The number of hydrogen-bond donors (Lipinski definition) is 1. The number of rotatable bonds is 6. The Balaban J connectivity index is 1.45. The fraction of sp³-hybridized carbons (Fsp3) is 0.296. The van der Waals surface area contributed by atoms with Crippen molar-refractivity contribution in [2.75, 3.05) is 13.1 Å². The van der Waals surface area contributed by atoms with Crippen LogP contribution in [-0.2, 0) is 10.4 Å². The summed E-state index contributed by atoms with van der Waals surface area (Å²) in [6.45, 7) is 1.13. The number of carbonyl (C=O) groups excluding carboxylic acids is 1. The molecule has 30 heavy (non-hydrogen) atoms. The van der Waals surface area contributed by atoms with Crippen molar-refractivity contribution in [1.29, 1.82) is 0 Å². The molecule has 2 aliphatic rings. The minimum atomic E-state index is -0.841. The predicted octanol–water partition coefficient (Wildman–Crippen LogP) is 5.25. The van der Waals surface area contributed by atoms with Gasteiger partial charge in [-0.05, 0) is 48.8 Å². The molecule has 2 aromatic rings. The van der Waals surface area contributed by atoms with Crippen LogP contribution >= 0.6 is 0 Å². The third-order valence-corrected chi connectivity index (χ3v) is 6.22. The molecule has 1 aliphatic heterocycles. The average molecular weight is 400 g/mol. The Morgan fingerprint density at radius 3 is 2.30 bits per heavy atom. The van der Waals surface area contributed by atoms with Crippen LogP contribution in [0, 0.1) is 0 Å². The van der Waals surface area contributed by atoms with Gasteiger partial charge in [-0.25, -0.2) is 0 Å². The molecule has 1 fully saturated rings. The summed E-state index contributed by atoms with van der Waals surface area (Å²) in [5.74, 6) is 0.0440. The van der Waals surface area contributed by atoms with E-state index >= 15 is 0 Å². The molecular weight excluding hydrogens is 370 g/mol. The smallest absolute Gasteiger partial charge is 0.246 e. The monoisotopic (exact) mass is 399 g/mol. The van der Waals surface area contributed by atoms with Crippen molar-refractivity contribution in [3.05, 3.63) is 102 Å². The van der Waals surface area contributed by atoms with Crippen molar-refractivity contribution in [1.82, 2.24) is 4.90 Å². The second kappa shape index (κ2) is 9.27. The number of benzene rings is 2. The molecule has 4 rings (SSSR count). The highest BCUT2D eigenvalue weighted by atomic mass is 16.3. The lowest BCUT2D eigenvalue weighted by molar-refractivity contribution is -0.130. The first-order valence-corrected chi connectivity index (χ1v) is 10.8. The number of hydrogen-bond acceptors (Lipinski definition) is 2. The molecule has 0 aromatic heterocycles. The maximum absolute atomic E-state index is 13.1. The van der Waals surface area contributed by atoms with Gasteiger partial charge in [0.25, 0.3) is 0 Å². The second-order valence-electron chi connectivity index (χ2n) is 8.22. The van der Waals surface area contributed by atoms with Crippen LogP contribution in [0.25, 0.3) is 5.57 Å². The van der Waals surface area contributed by atoms with Crippen molar-refractivity contribution in [3.8, 4) is 0 Å². The third-order valence-electron chi connectivity index (χ3n) is 6.22. The number of amides is 1. The number of aliphatic hydroxyl groups is 1. The van der Waals surface area contributed by atoms with E-state index in [0.29, 0.717) is 25.9 Å². The lowest BCUT2D eigenvalue weighted by Gasteiger charge is -2.38. The summed E-state index contributed by atoms with van der Waals surface area (Å²) in [4.78, 5) is 14.9. The van der Waals surface area contributed by atoms with E-state index in [9.17, 15) is 9.90 Å². The maximum Gasteiger partial charge on any atom is 0.246 e. The quantitative estimate of drug-likeness (QED) is 0.674. The van der Waals surface area contributed by atoms with Gasteiger partial charge in [0.1, 0.15) is 0 Å². The van der Waals surface area contributed by atoms with Gasteiger partial charge < -0.3 is 10.0 Å². The number of allylic oxidation sites excluding steroid dienone is 5. The summed E-state index contributed by atoms with van der Waals surface area (Å²) in [7, 11) is 0. The van der Waals surface area contributed by atoms with Gasteiger partial charge in [-0.1, -0.05) is 84.5 Å². The fourth-order valence-electron chi connectivity index (χ4n) is 4.30. The van der Waals surface area contributed by atoms with Crippen LogP contribution in [0.3, 0.4) is 0 Å². The Kier molecular flexibility index (Phi) is 6.29. The van der Waals surface area contributed by atoms with Crippen LogP contribution in [0.4, 0.5) is 0 Å². The van der Waals surface area contributed by atoms with Gasteiger partial charge in [0.15, 0.2) is 0 Å². The molecule has 1 amide bonds. The molecule has 154 valence electrons. The fourth-order valence-corrected chi connectivity index (χ4v) is 4.30. The first kappa shape index (κ1) is 20.4. The molecule has 3 nitrogen and oxygen atoms in total. The van der Waals surface area contributed by atoms with Gasteiger partial charge in [-0.2, -0.15) is 0 Å². The van der Waals surface area contributed by atoms with Gasteiger partial charge in [0.05, 0.1) is 5.60 Å². The summed E-state index contributed by atoms with van der Waals surface area (Å²) >= 11 is 0. The molecule has 0 bridgehead atoms. The van der Waals surface area contributed by atoms with Crippen LogP contribution in [0.5, 0.6) is 0 Å². The van der Waals surface area contributed by atoms with E-state index < -0.39 is 5.60 Å². The van der Waals surface area contributed by atoms with Gasteiger partial charge in [-0.15, -0.1) is 0 Å². The zero-order valence-electron chi connectivity index (χ0n) is 17.3. The van der Waals surface area contributed by atoms with Crippen LogP contribution in [0.15, 0.2) is 90.5 Å². The second-order valence-corrected chi connectivity index (χ2v) is 8.22. The molecule has 0 atom stereocenters. The van der Waals surface area contributed by atoms with E-state index in [1.807, 2.05) is 59.5 Å². The molecule has 3 heteroatoms. The zero-order valence-corrected chi connectivity index (χ0v) is 17.3. The highest BCUT2D eigenvalue weighted by Gasteiger charge is 2.34. The van der Waals surface area contributed by atoms with Crippen LogP contribution in [0.2, 0.25) is 0 Å². The summed E-state index contributed by atoms with van der Waals surface area (Å²) in [5.41, 5.74) is 3.70. The highest BCUT2D eigenvalue weighted by molar-refractivity contribution is 5.95. The number of nitrogens with zero attached hydrogens (tertiary/aromatic N) is 1. The Labute approximate surface area is 179 Å². The van der Waals surface area contributed by atoms with E-state index in [1.165, 1.54) is 5.57 Å². The molecule has 0 spiro atoms. The van der Waals surface area contributed by atoms with Crippen LogP contribution in [-0.4, -0.2) is 29.0 Å². The Bertz CT molecular complexity index is 949. The van der Waals surface area contributed by atoms with Crippen LogP contribution < -0.4 is 0 Å². The highest BCUT2D eigenvalue weighted by Crippen LogP contribution is 2.33. The van der Waals surface area contributed by atoms with E-state index in [-0.39, 0.29) is 5.91 Å². The van der Waals surface area contributed by atoms with Gasteiger partial charge in [0.2, 0.25) is 5.91 Å². The average Bonchev–Trinajstić information content (AvgIpc) is 3.32. The molecule has 1 heterocycles. The molecule has 1 N–H and O–H groups in total. The molecular formula is C27H29NO2. The third kappa shape index (κ3) is 4.80. The molecule has 1 aliphatic carbocycles. The standard InChI is InChI=1S/C27H29NO2/c29-26(28-19-17-27(30,18-20-28)25-13-5-2-6-14-25)21-24(23-11-3-1-4-12-23)16-15-22-9-7-8-10-22/h1-9,11-14,21,30H,10,15-20H2/b24-21-. The summed E-state index contributed by atoms with van der Waals surface area (Å²) in [6.07, 6.45) is 12.2. The van der Waals surface area contributed by atoms with Crippen LogP contribution in [0.1, 0.15) is 43.2 Å². The largest absolute Gasteiger partial charge is 0.385 e. The maximum atomic E-state index is 13.1. The zero-order chi connectivity index (χ0) is 20.8. The lowest BCUT2D eigenvalue weighted by atomic mass is 9.84. The van der Waals surface area contributed by atoms with E-state index in [2.05, 4.69) is 30.4 Å². The van der Waals surface area contributed by atoms with E-state index in [4.69, 9.17) is 0 Å². The van der Waals surface area contributed by atoms with E-state index in [0.717, 1.165) is 36.0 Å². The van der Waals surface area contributed by atoms with Crippen molar-refractivity contribution < 1.29 is 9.90 Å². The molecule has 0 unspecified atom stereocenters. The topological polar surface area (TPSA) is 40.5 Å². The lowest BCUT2D eigenvalue weighted by Crippen LogP contribution is -2.44. The van der Waals surface area contributed by atoms with E-state index in [1.54, 1.807) is 0 Å². The minimum absolute atomic E-state index is 0.0440. The van der Waals surface area contributed by atoms with Crippen molar-refractivity contribution in [2.45, 2.75) is 37.7 Å². The van der Waals surface area contributed by atoms with Gasteiger partial charge in [-0.3, -0.25) is 4.79 Å². The first-order valence-electron chi connectivity index (χ1n) is 10.8. The SMILES string of the molecule is O=C(/C=C(/CCC1=CC=CC1)c1ccccc1)N1CCC(O)(c2ccccc2)CC1. The first-order chi connectivity index (χ1) is 14.6. The normalized spacial score (nSPS) is 18.4. The van der Waals surface area contributed by atoms with Crippen molar-refractivity contribution in [2.24, 2.45) is 0 Å². The Morgan fingerprint density at radius 2 is 1.67 bits per heavy atom. The molecule has 0 radical (unpaired) electrons. The number of likely N-dealkylation sites (tertiary alicyclic amines) is 1. The summed E-state index contributed by atoms with van der Waals surface area (Å²) in [5, 5.41) is 11.0. The van der Waals surface area contributed by atoms with Crippen molar-refractivity contribution >= 4 is 11.5 Å². The number of carbonyl (C=O) groups is 1.